The highest BCUT2D eigenvalue weighted by Crippen LogP contribution is 2.19. The van der Waals surface area contributed by atoms with Crippen LogP contribution < -0.4 is 0 Å². The summed E-state index contributed by atoms with van der Waals surface area (Å²) in [7, 11) is 0. The van der Waals surface area contributed by atoms with Crippen LogP contribution in [0.3, 0.4) is 0 Å². The van der Waals surface area contributed by atoms with E-state index in [4.69, 9.17) is 5.11 Å². The Kier molecular flexibility index (Phi) is 5.73. The quantitative estimate of drug-likeness (QED) is 0.868. The van der Waals surface area contributed by atoms with Gasteiger partial charge >= 0.3 is 5.97 Å². The van der Waals surface area contributed by atoms with Crippen molar-refractivity contribution in [3.05, 3.63) is 35.9 Å². The van der Waals surface area contributed by atoms with Gasteiger partial charge in [0.05, 0.1) is 6.42 Å². The minimum absolute atomic E-state index is 0.215. The zero-order valence-electron chi connectivity index (χ0n) is 11.1. The van der Waals surface area contributed by atoms with E-state index in [1.54, 1.807) is 0 Å². The van der Waals surface area contributed by atoms with Crippen LogP contribution in [0.15, 0.2) is 30.3 Å². The van der Waals surface area contributed by atoms with Crippen molar-refractivity contribution in [3.63, 3.8) is 0 Å². The van der Waals surface area contributed by atoms with E-state index in [0.717, 1.165) is 37.4 Å². The molecule has 4 heteroatoms. The Labute approximate surface area is 119 Å². The topological polar surface area (TPSA) is 40.5 Å². The number of aliphatic carboxylic acids is 1. The van der Waals surface area contributed by atoms with Crippen LogP contribution in [0, 0.1) is 0 Å². The first-order valence-electron chi connectivity index (χ1n) is 6.83. The van der Waals surface area contributed by atoms with Crippen LogP contribution in [-0.4, -0.2) is 46.6 Å². The number of rotatable bonds is 6. The number of thioether (sulfide) groups is 1. The van der Waals surface area contributed by atoms with Crippen LogP contribution in [0.1, 0.15) is 18.4 Å². The van der Waals surface area contributed by atoms with Gasteiger partial charge in [0.15, 0.2) is 0 Å². The third kappa shape index (κ3) is 4.88. The molecule has 0 spiro atoms. The van der Waals surface area contributed by atoms with Crippen molar-refractivity contribution in [2.75, 3.05) is 24.6 Å². The molecule has 1 aromatic carbocycles. The second kappa shape index (κ2) is 7.56. The third-order valence-electron chi connectivity index (χ3n) is 3.51. The van der Waals surface area contributed by atoms with Gasteiger partial charge in [-0.3, -0.25) is 9.69 Å². The SMILES string of the molecule is O=C(O)CC1CSCCN1CCCc1ccccc1. The molecule has 104 valence electrons. The maximum Gasteiger partial charge on any atom is 0.304 e. The summed E-state index contributed by atoms with van der Waals surface area (Å²) in [6.45, 7) is 2.03. The van der Waals surface area contributed by atoms with E-state index in [-0.39, 0.29) is 12.5 Å². The molecule has 1 aliphatic rings. The van der Waals surface area contributed by atoms with Gasteiger partial charge in [-0.2, -0.15) is 11.8 Å². The molecule has 1 saturated heterocycles. The lowest BCUT2D eigenvalue weighted by molar-refractivity contribution is -0.138. The third-order valence-corrected chi connectivity index (χ3v) is 4.61. The lowest BCUT2D eigenvalue weighted by Crippen LogP contribution is -2.44. The molecule has 1 aromatic rings. The van der Waals surface area contributed by atoms with Crippen molar-refractivity contribution in [1.82, 2.24) is 4.90 Å². The molecular weight excluding hydrogens is 258 g/mol. The average molecular weight is 279 g/mol. The molecule has 0 bridgehead atoms. The van der Waals surface area contributed by atoms with Gasteiger partial charge in [-0.15, -0.1) is 0 Å². The lowest BCUT2D eigenvalue weighted by Gasteiger charge is -2.34. The van der Waals surface area contributed by atoms with Gasteiger partial charge in [0.25, 0.3) is 0 Å². The Balaban J connectivity index is 1.78. The van der Waals surface area contributed by atoms with Gasteiger partial charge in [-0.1, -0.05) is 30.3 Å². The van der Waals surface area contributed by atoms with Crippen molar-refractivity contribution in [1.29, 1.82) is 0 Å². The summed E-state index contributed by atoms with van der Waals surface area (Å²) < 4.78 is 0. The lowest BCUT2D eigenvalue weighted by atomic mass is 10.1. The van der Waals surface area contributed by atoms with Crippen molar-refractivity contribution in [2.45, 2.75) is 25.3 Å². The molecule has 0 radical (unpaired) electrons. The van der Waals surface area contributed by atoms with E-state index in [2.05, 4.69) is 29.2 Å². The maximum atomic E-state index is 10.9. The van der Waals surface area contributed by atoms with E-state index in [0.29, 0.717) is 0 Å². The maximum absolute atomic E-state index is 10.9. The number of benzene rings is 1. The van der Waals surface area contributed by atoms with Gasteiger partial charge < -0.3 is 5.11 Å². The van der Waals surface area contributed by atoms with Crippen LogP contribution in [0.2, 0.25) is 0 Å². The van der Waals surface area contributed by atoms with Crippen LogP contribution in [0.4, 0.5) is 0 Å². The monoisotopic (exact) mass is 279 g/mol. The first-order valence-corrected chi connectivity index (χ1v) is 7.98. The van der Waals surface area contributed by atoms with Gasteiger partial charge in [0, 0.05) is 24.1 Å². The summed E-state index contributed by atoms with van der Waals surface area (Å²) in [4.78, 5) is 13.2. The molecular formula is C15H21NO2S. The Morgan fingerprint density at radius 3 is 2.89 bits per heavy atom. The number of carbonyl (C=O) groups is 1. The first kappa shape index (κ1) is 14.4. The van der Waals surface area contributed by atoms with Crippen LogP contribution in [0.5, 0.6) is 0 Å². The van der Waals surface area contributed by atoms with Crippen molar-refractivity contribution in [2.24, 2.45) is 0 Å². The Morgan fingerprint density at radius 1 is 1.37 bits per heavy atom. The second-order valence-corrected chi connectivity index (χ2v) is 6.10. The Bertz CT molecular complexity index is 396. The molecule has 0 aromatic heterocycles. The van der Waals surface area contributed by atoms with Crippen molar-refractivity contribution < 1.29 is 9.90 Å². The number of hydrogen-bond donors (Lipinski definition) is 1. The Morgan fingerprint density at radius 2 is 2.16 bits per heavy atom. The fourth-order valence-electron chi connectivity index (χ4n) is 2.50. The highest BCUT2D eigenvalue weighted by Gasteiger charge is 2.24. The number of aryl methyl sites for hydroxylation is 1. The van der Waals surface area contributed by atoms with Gasteiger partial charge in [0.2, 0.25) is 0 Å². The normalized spacial score (nSPS) is 20.3. The predicted molar refractivity (Wildman–Crippen MR) is 79.7 cm³/mol. The molecule has 1 aliphatic heterocycles. The highest BCUT2D eigenvalue weighted by atomic mass is 32.2. The fourth-order valence-corrected chi connectivity index (χ4v) is 3.64. The number of carboxylic acids is 1. The molecule has 1 N–H and O–H groups in total. The number of nitrogens with zero attached hydrogens (tertiary/aromatic N) is 1. The smallest absolute Gasteiger partial charge is 0.304 e. The van der Waals surface area contributed by atoms with E-state index in [1.165, 1.54) is 5.56 Å². The fraction of sp³-hybridized carbons (Fsp3) is 0.533. The molecule has 1 unspecified atom stereocenters. The van der Waals surface area contributed by atoms with Crippen LogP contribution >= 0.6 is 11.8 Å². The molecule has 3 nitrogen and oxygen atoms in total. The largest absolute Gasteiger partial charge is 0.481 e. The first-order chi connectivity index (χ1) is 9.25. The van der Waals surface area contributed by atoms with E-state index >= 15 is 0 Å². The molecule has 1 fully saturated rings. The van der Waals surface area contributed by atoms with Gasteiger partial charge in [-0.25, -0.2) is 0 Å². The summed E-state index contributed by atoms with van der Waals surface area (Å²) in [6, 6.07) is 10.7. The second-order valence-electron chi connectivity index (χ2n) is 4.95. The van der Waals surface area contributed by atoms with Crippen LogP contribution in [-0.2, 0) is 11.2 Å². The zero-order valence-corrected chi connectivity index (χ0v) is 11.9. The minimum Gasteiger partial charge on any atom is -0.481 e. The molecule has 1 heterocycles. The number of carboxylic acid groups (broad SMARTS) is 1. The van der Waals surface area contributed by atoms with Crippen LogP contribution in [0.25, 0.3) is 0 Å². The predicted octanol–water partition coefficient (Wildman–Crippen LogP) is 2.51. The van der Waals surface area contributed by atoms with Gasteiger partial charge in [0.1, 0.15) is 0 Å². The average Bonchev–Trinajstić information content (AvgIpc) is 2.41. The molecule has 19 heavy (non-hydrogen) atoms. The summed E-state index contributed by atoms with van der Waals surface area (Å²) in [5.74, 6) is 1.40. The highest BCUT2D eigenvalue weighted by molar-refractivity contribution is 7.99. The summed E-state index contributed by atoms with van der Waals surface area (Å²) >= 11 is 1.87. The minimum atomic E-state index is -0.680. The molecule has 1 atom stereocenters. The molecule has 0 saturated carbocycles. The van der Waals surface area contributed by atoms with Crippen molar-refractivity contribution >= 4 is 17.7 Å². The summed E-state index contributed by atoms with van der Waals surface area (Å²) in [5, 5.41) is 8.95. The van der Waals surface area contributed by atoms with E-state index < -0.39 is 5.97 Å². The summed E-state index contributed by atoms with van der Waals surface area (Å²) in [5.41, 5.74) is 1.36. The zero-order chi connectivity index (χ0) is 13.5. The van der Waals surface area contributed by atoms with E-state index in [1.807, 2.05) is 17.8 Å². The van der Waals surface area contributed by atoms with Crippen molar-refractivity contribution in [3.8, 4) is 0 Å². The van der Waals surface area contributed by atoms with E-state index in [9.17, 15) is 4.79 Å². The Hall–Kier alpha value is -1.00. The standard InChI is InChI=1S/C15H21NO2S/c17-15(18)11-14-12-19-10-9-16(14)8-4-7-13-5-2-1-3-6-13/h1-3,5-6,14H,4,7-12H2,(H,17,18). The summed E-state index contributed by atoms with van der Waals surface area (Å²) in [6.07, 6.45) is 2.45. The number of hydrogen-bond acceptors (Lipinski definition) is 3. The molecule has 0 amide bonds. The van der Waals surface area contributed by atoms with Gasteiger partial charge in [-0.05, 0) is 24.9 Å². The molecule has 2 rings (SSSR count). The molecule has 0 aliphatic carbocycles.